The van der Waals surface area contributed by atoms with Crippen molar-refractivity contribution in [1.82, 2.24) is 14.7 Å². The van der Waals surface area contributed by atoms with Gasteiger partial charge in [-0.25, -0.2) is 8.78 Å². The maximum absolute atomic E-state index is 15.1. The summed E-state index contributed by atoms with van der Waals surface area (Å²) in [6.45, 7) is 16.5. The molecule has 0 bridgehead atoms. The largest absolute Gasteiger partial charge is 0.337 e. The number of amides is 1. The van der Waals surface area contributed by atoms with E-state index >= 15 is 4.39 Å². The molecule has 2 aliphatic heterocycles. The van der Waals surface area contributed by atoms with Crippen LogP contribution in [0.15, 0.2) is 30.3 Å². The Kier molecular flexibility index (Phi) is 9.08. The maximum atomic E-state index is 15.1. The number of Topliss-reactive ketones (excluding diaryl/α,β-unsaturated/α-hetero) is 1. The molecule has 4 rings (SSSR count). The predicted molar refractivity (Wildman–Crippen MR) is 156 cm³/mol. The number of hydrogen-bond acceptors (Lipinski definition) is 4. The average molecular weight is 574 g/mol. The van der Waals surface area contributed by atoms with Gasteiger partial charge in [-0.05, 0) is 101 Å². The first-order chi connectivity index (χ1) is 18.7. The molecule has 0 radical (unpaired) electrons. The normalized spacial score (nSPS) is 23.4. The first-order valence-electron chi connectivity index (χ1n) is 14.2. The molecule has 218 valence electrons. The molecule has 1 amide bonds. The molecular weight excluding hydrogens is 532 g/mol. The van der Waals surface area contributed by atoms with Crippen molar-refractivity contribution in [2.24, 2.45) is 5.92 Å². The van der Waals surface area contributed by atoms with Gasteiger partial charge < -0.3 is 4.90 Å². The van der Waals surface area contributed by atoms with Crippen LogP contribution >= 0.6 is 11.6 Å². The molecule has 2 aromatic carbocycles. The van der Waals surface area contributed by atoms with Crippen molar-refractivity contribution in [3.05, 3.63) is 69.2 Å². The van der Waals surface area contributed by atoms with E-state index in [4.69, 9.17) is 11.6 Å². The first kappa shape index (κ1) is 30.6. The summed E-state index contributed by atoms with van der Waals surface area (Å²) in [4.78, 5) is 33.2. The molecule has 5 nitrogen and oxygen atoms in total. The molecule has 0 unspecified atom stereocenters. The third-order valence-electron chi connectivity index (χ3n) is 8.86. The van der Waals surface area contributed by atoms with Crippen LogP contribution in [0, 0.1) is 31.4 Å². The second-order valence-corrected chi connectivity index (χ2v) is 13.1. The van der Waals surface area contributed by atoms with E-state index in [1.165, 1.54) is 18.2 Å². The van der Waals surface area contributed by atoms with Crippen LogP contribution in [0.5, 0.6) is 0 Å². The van der Waals surface area contributed by atoms with E-state index < -0.39 is 0 Å². The number of carbonyl (C=O) groups is 2. The number of nitrogens with zero attached hydrogens (tertiary/aromatic N) is 3. The fourth-order valence-electron chi connectivity index (χ4n) is 6.51. The average Bonchev–Trinajstić information content (AvgIpc) is 3.29. The second-order valence-electron chi connectivity index (χ2n) is 12.7. The summed E-state index contributed by atoms with van der Waals surface area (Å²) in [5.74, 6) is -1.21. The van der Waals surface area contributed by atoms with Crippen molar-refractivity contribution in [2.45, 2.75) is 78.4 Å². The summed E-state index contributed by atoms with van der Waals surface area (Å²) in [5, 5.41) is 0.339. The Balaban J connectivity index is 1.53. The Morgan fingerprint density at radius 1 is 1.02 bits per heavy atom. The van der Waals surface area contributed by atoms with E-state index in [1.54, 1.807) is 19.1 Å². The van der Waals surface area contributed by atoms with Crippen LogP contribution in [-0.4, -0.2) is 76.7 Å². The minimum Gasteiger partial charge on any atom is -0.337 e. The topological polar surface area (TPSA) is 43.9 Å². The van der Waals surface area contributed by atoms with Crippen molar-refractivity contribution in [3.63, 3.8) is 0 Å². The van der Waals surface area contributed by atoms with Gasteiger partial charge in [-0.1, -0.05) is 17.7 Å². The molecule has 2 saturated heterocycles. The van der Waals surface area contributed by atoms with E-state index in [-0.39, 0.29) is 52.8 Å². The van der Waals surface area contributed by atoms with E-state index in [1.807, 2.05) is 25.7 Å². The van der Waals surface area contributed by atoms with Crippen LogP contribution in [0.25, 0.3) is 0 Å². The lowest BCUT2D eigenvalue weighted by atomic mass is 9.87. The van der Waals surface area contributed by atoms with Gasteiger partial charge in [0.25, 0.3) is 0 Å². The monoisotopic (exact) mass is 573 g/mol. The summed E-state index contributed by atoms with van der Waals surface area (Å²) >= 11 is 6.03. The van der Waals surface area contributed by atoms with Crippen LogP contribution in [0.2, 0.25) is 5.02 Å². The number of rotatable bonds is 6. The molecule has 4 atom stereocenters. The molecule has 0 spiro atoms. The maximum Gasteiger partial charge on any atom is 0.227 e. The van der Waals surface area contributed by atoms with Gasteiger partial charge in [-0.15, -0.1) is 0 Å². The Morgan fingerprint density at radius 3 is 2.23 bits per heavy atom. The zero-order valence-electron chi connectivity index (χ0n) is 24.7. The minimum atomic E-state index is -0.378. The lowest BCUT2D eigenvalue weighted by Gasteiger charge is -2.44. The van der Waals surface area contributed by atoms with Gasteiger partial charge in [0.2, 0.25) is 5.91 Å². The molecule has 2 heterocycles. The molecule has 0 N–H and O–H groups in total. The van der Waals surface area contributed by atoms with Gasteiger partial charge in [-0.3, -0.25) is 19.4 Å². The molecule has 0 aliphatic carbocycles. The number of piperazine rings is 1. The second kappa shape index (κ2) is 11.9. The molecule has 40 heavy (non-hydrogen) atoms. The van der Waals surface area contributed by atoms with Crippen molar-refractivity contribution in [3.8, 4) is 0 Å². The molecule has 0 aromatic heterocycles. The van der Waals surface area contributed by atoms with E-state index in [9.17, 15) is 14.0 Å². The van der Waals surface area contributed by atoms with Gasteiger partial charge in [0.1, 0.15) is 17.4 Å². The number of carbonyl (C=O) groups excluding carboxylic acids is 2. The Morgan fingerprint density at radius 2 is 1.68 bits per heavy atom. The molecule has 2 fully saturated rings. The number of ketones is 1. The highest BCUT2D eigenvalue weighted by atomic mass is 35.5. The van der Waals surface area contributed by atoms with E-state index in [0.29, 0.717) is 49.7 Å². The highest BCUT2D eigenvalue weighted by Crippen LogP contribution is 2.39. The zero-order chi connectivity index (χ0) is 29.5. The van der Waals surface area contributed by atoms with Gasteiger partial charge in [0, 0.05) is 55.2 Å². The summed E-state index contributed by atoms with van der Waals surface area (Å²) in [5.41, 5.74) is 3.05. The number of aryl methyl sites for hydroxylation is 2. The lowest BCUT2D eigenvalue weighted by molar-refractivity contribution is -0.141. The van der Waals surface area contributed by atoms with Crippen LogP contribution in [-0.2, 0) is 16.0 Å². The first-order valence-corrected chi connectivity index (χ1v) is 14.6. The third kappa shape index (κ3) is 6.42. The summed E-state index contributed by atoms with van der Waals surface area (Å²) in [6, 6.07) is 7.30. The number of benzene rings is 2. The quantitative estimate of drug-likeness (QED) is 0.439. The van der Waals surface area contributed by atoms with Crippen molar-refractivity contribution >= 4 is 23.3 Å². The van der Waals surface area contributed by atoms with E-state index in [2.05, 4.69) is 30.6 Å². The van der Waals surface area contributed by atoms with Crippen molar-refractivity contribution < 1.29 is 18.4 Å². The van der Waals surface area contributed by atoms with Crippen LogP contribution < -0.4 is 0 Å². The van der Waals surface area contributed by atoms with Gasteiger partial charge >= 0.3 is 0 Å². The Bertz CT molecular complexity index is 1250. The minimum absolute atomic E-state index is 0.0304. The predicted octanol–water partition coefficient (Wildman–Crippen LogP) is 5.78. The molecule has 0 saturated carbocycles. The standard InChI is InChI=1S/C32H42ClF2N3O2/c1-19-12-24(34)13-20(2)26(19)15-30(22(4)39)36-10-11-38(21(3)16-36)31(40)28-18-37(32(5,6)7)17-27(28)25-9-8-23(33)14-29(25)35/h8-9,12-14,21,27-28,30H,10-11,15-18H2,1-7H3/t21-,27-,28+,30-/m0/s1. The van der Waals surface area contributed by atoms with Crippen molar-refractivity contribution in [2.75, 3.05) is 32.7 Å². The van der Waals surface area contributed by atoms with Gasteiger partial charge in [-0.2, -0.15) is 0 Å². The smallest absolute Gasteiger partial charge is 0.227 e. The van der Waals surface area contributed by atoms with Crippen LogP contribution in [0.4, 0.5) is 8.78 Å². The fourth-order valence-corrected chi connectivity index (χ4v) is 6.67. The van der Waals surface area contributed by atoms with Crippen molar-refractivity contribution in [1.29, 1.82) is 0 Å². The molecule has 2 aromatic rings. The fraction of sp³-hybridized carbons (Fsp3) is 0.562. The third-order valence-corrected chi connectivity index (χ3v) is 9.09. The Labute approximate surface area is 242 Å². The lowest BCUT2D eigenvalue weighted by Crippen LogP contribution is -2.59. The highest BCUT2D eigenvalue weighted by molar-refractivity contribution is 6.30. The van der Waals surface area contributed by atoms with Gasteiger partial charge in [0.15, 0.2) is 0 Å². The van der Waals surface area contributed by atoms with Gasteiger partial charge in [0.05, 0.1) is 12.0 Å². The number of likely N-dealkylation sites (tertiary alicyclic amines) is 1. The molecule has 2 aliphatic rings. The Hall–Kier alpha value is -2.35. The molecule has 8 heteroatoms. The highest BCUT2D eigenvalue weighted by Gasteiger charge is 2.46. The number of halogens is 3. The SMILES string of the molecule is CC(=O)[C@H](Cc1c(C)cc(F)cc1C)N1CCN(C(=O)[C@@H]2CN(C(C)(C)C)C[C@H]2c2ccc(Cl)cc2F)[C@@H](C)C1. The number of hydrogen-bond donors (Lipinski definition) is 0. The summed E-state index contributed by atoms with van der Waals surface area (Å²) < 4.78 is 28.9. The summed E-state index contributed by atoms with van der Waals surface area (Å²) in [6.07, 6.45) is 0.509. The van der Waals surface area contributed by atoms with Crippen LogP contribution in [0.1, 0.15) is 62.8 Å². The summed E-state index contributed by atoms with van der Waals surface area (Å²) in [7, 11) is 0. The molecular formula is C32H42ClF2N3O2. The van der Waals surface area contributed by atoms with Crippen LogP contribution in [0.3, 0.4) is 0 Å². The van der Waals surface area contributed by atoms with E-state index in [0.717, 1.165) is 16.7 Å². The zero-order valence-corrected chi connectivity index (χ0v) is 25.5.